The third-order valence-corrected chi connectivity index (χ3v) is 2.89. The molecule has 20 heavy (non-hydrogen) atoms. The number of fused-ring (bicyclic) bond motifs is 1. The summed E-state index contributed by atoms with van der Waals surface area (Å²) in [4.78, 5) is 21.9. The van der Waals surface area contributed by atoms with Crippen molar-refractivity contribution in [3.8, 4) is 5.75 Å². The maximum Gasteiger partial charge on any atom is 0.547 e. The monoisotopic (exact) mass is 285 g/mol. The number of aromatic carboxylic acids is 1. The Balaban J connectivity index is 2.50. The summed E-state index contributed by atoms with van der Waals surface area (Å²) in [5.74, 6) is -6.00. The number of carboxylic acids is 1. The molecule has 6 nitrogen and oxygen atoms in total. The summed E-state index contributed by atoms with van der Waals surface area (Å²) in [6, 6.07) is 0.488. The molecule has 0 saturated heterocycles. The van der Waals surface area contributed by atoms with Crippen molar-refractivity contribution >= 4 is 19.0 Å². The van der Waals surface area contributed by atoms with Crippen LogP contribution in [0.25, 0.3) is 0 Å². The molecule has 2 rings (SSSR count). The van der Waals surface area contributed by atoms with Crippen molar-refractivity contribution in [2.75, 3.05) is 0 Å². The number of hydrogen-bond donors (Lipinski definition) is 3. The van der Waals surface area contributed by atoms with Gasteiger partial charge < -0.3 is 20.1 Å². The van der Waals surface area contributed by atoms with E-state index in [-0.39, 0.29) is 12.0 Å². The Morgan fingerprint density at radius 2 is 2.15 bits per heavy atom. The van der Waals surface area contributed by atoms with Crippen molar-refractivity contribution in [2.24, 2.45) is 0 Å². The molecule has 9 heteroatoms. The maximum absolute atomic E-state index is 13.7. The Morgan fingerprint density at radius 1 is 1.50 bits per heavy atom. The molecule has 3 N–H and O–H groups in total. The number of nitrogens with one attached hydrogen (secondary N) is 1. The minimum atomic E-state index is -1.55. The van der Waals surface area contributed by atoms with Crippen LogP contribution in [0.1, 0.15) is 22.8 Å². The van der Waals surface area contributed by atoms with Gasteiger partial charge in [-0.05, 0) is 12.5 Å². The Morgan fingerprint density at radius 3 is 2.70 bits per heavy atom. The van der Waals surface area contributed by atoms with Gasteiger partial charge in [0, 0.05) is 12.5 Å². The first-order valence-corrected chi connectivity index (χ1v) is 5.67. The van der Waals surface area contributed by atoms with E-state index in [0.29, 0.717) is 6.07 Å². The Labute approximate surface area is 112 Å². The van der Waals surface area contributed by atoms with E-state index in [4.69, 9.17) is 9.76 Å². The zero-order valence-electron chi connectivity index (χ0n) is 10.3. The van der Waals surface area contributed by atoms with Crippen molar-refractivity contribution in [3.05, 3.63) is 28.8 Å². The molecule has 1 atom stereocenters. The standard InChI is InChI=1S/C11H10BF2NO5/c1-4(16)15-8-3-5-9(14)7(13)2-6(11(17)18)10(5)20-12(8)19/h2,8,19H,3H2,1H3,(H,15,16)(H,17,18)/t8-/m0/s1. The number of hydrogen-bond acceptors (Lipinski definition) is 4. The van der Waals surface area contributed by atoms with Gasteiger partial charge in [-0.25, -0.2) is 13.6 Å². The van der Waals surface area contributed by atoms with Crippen LogP contribution in [0.4, 0.5) is 8.78 Å². The van der Waals surface area contributed by atoms with Gasteiger partial charge in [0.05, 0.1) is 5.94 Å². The van der Waals surface area contributed by atoms with E-state index < -0.39 is 47.9 Å². The van der Waals surface area contributed by atoms with Gasteiger partial charge in [0.15, 0.2) is 11.6 Å². The molecule has 1 aromatic carbocycles. The number of carbonyl (C=O) groups excluding carboxylic acids is 1. The Bertz CT molecular complexity index is 595. The van der Waals surface area contributed by atoms with Crippen LogP contribution in [0.3, 0.4) is 0 Å². The molecule has 1 aliphatic rings. The van der Waals surface area contributed by atoms with Crippen molar-refractivity contribution in [2.45, 2.75) is 19.3 Å². The van der Waals surface area contributed by atoms with Crippen molar-refractivity contribution < 1.29 is 33.2 Å². The van der Waals surface area contributed by atoms with Crippen molar-refractivity contribution in [1.82, 2.24) is 5.32 Å². The van der Waals surface area contributed by atoms with Crippen LogP contribution in [0.5, 0.6) is 5.75 Å². The molecular weight excluding hydrogens is 275 g/mol. The Hall–Kier alpha value is -2.16. The summed E-state index contributed by atoms with van der Waals surface area (Å²) >= 11 is 0. The van der Waals surface area contributed by atoms with E-state index in [1.807, 2.05) is 0 Å². The minimum absolute atomic E-state index is 0.278. The van der Waals surface area contributed by atoms with Crippen molar-refractivity contribution in [1.29, 1.82) is 0 Å². The third kappa shape index (κ3) is 2.44. The second-order valence-electron chi connectivity index (χ2n) is 4.35. The molecule has 106 valence electrons. The van der Waals surface area contributed by atoms with Gasteiger partial charge in [-0.1, -0.05) is 0 Å². The lowest BCUT2D eigenvalue weighted by Gasteiger charge is -2.29. The lowest BCUT2D eigenvalue weighted by Crippen LogP contribution is -2.53. The number of amides is 1. The van der Waals surface area contributed by atoms with Gasteiger partial charge in [0.1, 0.15) is 11.3 Å². The average molecular weight is 285 g/mol. The van der Waals surface area contributed by atoms with Crippen LogP contribution >= 0.6 is 0 Å². The molecule has 0 aliphatic carbocycles. The second-order valence-corrected chi connectivity index (χ2v) is 4.35. The topological polar surface area (TPSA) is 95.9 Å². The maximum atomic E-state index is 13.7. The number of halogens is 2. The normalized spacial score (nSPS) is 17.2. The van der Waals surface area contributed by atoms with E-state index in [0.717, 1.165) is 0 Å². The summed E-state index contributed by atoms with van der Waals surface area (Å²) in [5, 5.41) is 20.9. The fourth-order valence-electron chi connectivity index (χ4n) is 2.04. The highest BCUT2D eigenvalue weighted by Crippen LogP contribution is 2.33. The first-order chi connectivity index (χ1) is 9.31. The minimum Gasteiger partial charge on any atom is -0.534 e. The summed E-state index contributed by atoms with van der Waals surface area (Å²) in [6.07, 6.45) is -0.278. The molecule has 0 radical (unpaired) electrons. The molecule has 1 heterocycles. The lowest BCUT2D eigenvalue weighted by atomic mass is 9.72. The molecule has 1 aliphatic heterocycles. The van der Waals surface area contributed by atoms with Crippen LogP contribution in [-0.2, 0) is 11.2 Å². The van der Waals surface area contributed by atoms with Crippen LogP contribution in [0.15, 0.2) is 6.07 Å². The summed E-state index contributed by atoms with van der Waals surface area (Å²) in [7, 11) is -1.55. The average Bonchev–Trinajstić information content (AvgIpc) is 2.34. The largest absolute Gasteiger partial charge is 0.547 e. The molecule has 0 unspecified atom stereocenters. The summed E-state index contributed by atoms with van der Waals surface area (Å²) in [5.41, 5.74) is -0.911. The predicted molar refractivity (Wildman–Crippen MR) is 63.2 cm³/mol. The highest BCUT2D eigenvalue weighted by molar-refractivity contribution is 6.47. The fourth-order valence-corrected chi connectivity index (χ4v) is 2.04. The SMILES string of the molecule is CC(=O)N[C@H]1Cc2c(F)c(F)cc(C(=O)O)c2OB1O. The first-order valence-electron chi connectivity index (χ1n) is 5.67. The first kappa shape index (κ1) is 14.3. The molecule has 0 bridgehead atoms. The van der Waals surface area contributed by atoms with E-state index in [1.54, 1.807) is 0 Å². The molecule has 0 fully saturated rings. The second kappa shape index (κ2) is 5.08. The van der Waals surface area contributed by atoms with Gasteiger partial charge in [-0.3, -0.25) is 4.79 Å². The highest BCUT2D eigenvalue weighted by atomic mass is 19.2. The molecule has 0 aromatic heterocycles. The zero-order chi connectivity index (χ0) is 15.0. The molecule has 0 saturated carbocycles. The summed E-state index contributed by atoms with van der Waals surface area (Å²) < 4.78 is 32.0. The van der Waals surface area contributed by atoms with Gasteiger partial charge in [-0.15, -0.1) is 0 Å². The quantitative estimate of drug-likeness (QED) is 0.671. The predicted octanol–water partition coefficient (Wildman–Crippen LogP) is 0.122. The number of carboxylic acid groups (broad SMARTS) is 1. The molecule has 1 aromatic rings. The van der Waals surface area contributed by atoms with E-state index >= 15 is 0 Å². The zero-order valence-corrected chi connectivity index (χ0v) is 10.3. The molecule has 1 amide bonds. The smallest absolute Gasteiger partial charge is 0.534 e. The summed E-state index contributed by atoms with van der Waals surface area (Å²) in [6.45, 7) is 1.19. The fraction of sp³-hybridized carbons (Fsp3) is 0.273. The number of rotatable bonds is 2. The van der Waals surface area contributed by atoms with Crippen LogP contribution in [0, 0.1) is 11.6 Å². The van der Waals surface area contributed by atoms with Crippen LogP contribution in [-0.4, -0.2) is 35.1 Å². The number of benzene rings is 1. The van der Waals surface area contributed by atoms with Gasteiger partial charge in [0.25, 0.3) is 0 Å². The van der Waals surface area contributed by atoms with E-state index in [1.165, 1.54) is 6.92 Å². The molecule has 0 spiro atoms. The lowest BCUT2D eigenvalue weighted by molar-refractivity contribution is -0.119. The van der Waals surface area contributed by atoms with Crippen molar-refractivity contribution in [3.63, 3.8) is 0 Å². The highest BCUT2D eigenvalue weighted by Gasteiger charge is 2.39. The van der Waals surface area contributed by atoms with Gasteiger partial charge in [0.2, 0.25) is 5.91 Å². The Kier molecular flexibility index (Phi) is 3.62. The van der Waals surface area contributed by atoms with Gasteiger partial charge >= 0.3 is 13.1 Å². The third-order valence-electron chi connectivity index (χ3n) is 2.89. The van der Waals surface area contributed by atoms with Gasteiger partial charge in [-0.2, -0.15) is 0 Å². The number of carbonyl (C=O) groups is 2. The van der Waals surface area contributed by atoms with Crippen LogP contribution < -0.4 is 9.97 Å². The van der Waals surface area contributed by atoms with E-state index in [9.17, 15) is 23.4 Å². The molecular formula is C11H10BF2NO5. The van der Waals surface area contributed by atoms with Crippen LogP contribution in [0.2, 0.25) is 0 Å². The van der Waals surface area contributed by atoms with E-state index in [2.05, 4.69) is 5.32 Å².